The molecule has 7 nitrogen and oxygen atoms in total. The summed E-state index contributed by atoms with van der Waals surface area (Å²) in [4.78, 5) is 9.06. The molecule has 3 heterocycles. The molecule has 3 aromatic rings. The number of hydrogen-bond acceptors (Lipinski definition) is 7. The molecule has 0 saturated heterocycles. The van der Waals surface area contributed by atoms with Crippen molar-refractivity contribution in [3.8, 4) is 22.8 Å². The molecule has 0 saturated carbocycles. The number of nitrogens with zero attached hydrogens (tertiary/aromatic N) is 4. The Balaban J connectivity index is 1.60. The van der Waals surface area contributed by atoms with Crippen LogP contribution in [0.5, 0.6) is 11.5 Å². The minimum atomic E-state index is 0.0265. The average Bonchev–Trinajstić information content (AvgIpc) is 3.34. The number of ether oxygens (including phenoxy) is 2. The average molecular weight is 386 g/mol. The molecule has 0 bridgehead atoms. The Morgan fingerprint density at radius 1 is 1.19 bits per heavy atom. The molecule has 142 valence electrons. The summed E-state index contributed by atoms with van der Waals surface area (Å²) in [5.41, 5.74) is 2.10. The Bertz CT molecular complexity index is 937. The third-order valence-corrected chi connectivity index (χ3v) is 5.49. The highest BCUT2D eigenvalue weighted by Crippen LogP contribution is 2.38. The highest BCUT2D eigenvalue weighted by molar-refractivity contribution is 7.99. The minimum absolute atomic E-state index is 0.0265. The summed E-state index contributed by atoms with van der Waals surface area (Å²) in [6.07, 6.45) is 2.66. The fraction of sp³-hybridized carbons (Fsp3) is 0.421. The maximum absolute atomic E-state index is 5.71. The number of thioether (sulfide) groups is 1. The van der Waals surface area contributed by atoms with Crippen LogP contribution in [0.25, 0.3) is 11.3 Å². The first-order chi connectivity index (χ1) is 13.2. The van der Waals surface area contributed by atoms with E-state index in [2.05, 4.69) is 33.5 Å². The van der Waals surface area contributed by atoms with Crippen molar-refractivity contribution in [1.29, 1.82) is 0 Å². The van der Waals surface area contributed by atoms with Gasteiger partial charge >= 0.3 is 0 Å². The molecule has 0 spiro atoms. The first-order valence-electron chi connectivity index (χ1n) is 9.14. The third kappa shape index (κ3) is 3.53. The lowest BCUT2D eigenvalue weighted by Crippen LogP contribution is -2.15. The normalized spacial score (nSPS) is 14.3. The molecule has 0 amide bonds. The van der Waals surface area contributed by atoms with Gasteiger partial charge in [0, 0.05) is 18.5 Å². The number of aryl methyl sites for hydroxylation is 1. The smallest absolute Gasteiger partial charge is 0.239 e. The molecular formula is C19H22N4O3S. The summed E-state index contributed by atoms with van der Waals surface area (Å²) in [7, 11) is 0. The van der Waals surface area contributed by atoms with Gasteiger partial charge in [-0.3, -0.25) is 0 Å². The van der Waals surface area contributed by atoms with Crippen molar-refractivity contribution in [2.75, 3.05) is 13.2 Å². The van der Waals surface area contributed by atoms with E-state index in [1.165, 1.54) is 0 Å². The van der Waals surface area contributed by atoms with Crippen molar-refractivity contribution < 1.29 is 14.0 Å². The topological polar surface area (TPSA) is 75.2 Å². The molecule has 1 aromatic carbocycles. The van der Waals surface area contributed by atoms with Crippen LogP contribution < -0.4 is 9.47 Å². The fourth-order valence-electron chi connectivity index (χ4n) is 2.98. The van der Waals surface area contributed by atoms with E-state index in [1.54, 1.807) is 11.8 Å². The molecule has 0 aliphatic carbocycles. The zero-order valence-electron chi connectivity index (χ0n) is 15.6. The predicted molar refractivity (Wildman–Crippen MR) is 102 cm³/mol. The molecule has 1 aliphatic heterocycles. The second kappa shape index (κ2) is 7.64. The summed E-state index contributed by atoms with van der Waals surface area (Å²) in [5, 5.41) is 4.93. The lowest BCUT2D eigenvalue weighted by atomic mass is 10.1. The number of imidazole rings is 1. The first kappa shape index (κ1) is 17.9. The van der Waals surface area contributed by atoms with Crippen LogP contribution in [0.3, 0.4) is 0 Å². The maximum Gasteiger partial charge on any atom is 0.239 e. The lowest BCUT2D eigenvalue weighted by Gasteiger charge is -2.19. The number of rotatable bonds is 6. The van der Waals surface area contributed by atoms with E-state index in [-0.39, 0.29) is 5.25 Å². The van der Waals surface area contributed by atoms with Crippen LogP contribution in [0.15, 0.2) is 34.1 Å². The summed E-state index contributed by atoms with van der Waals surface area (Å²) < 4.78 is 18.9. The van der Waals surface area contributed by atoms with Gasteiger partial charge in [0.15, 0.2) is 22.5 Å². The molecule has 4 rings (SSSR count). The van der Waals surface area contributed by atoms with Gasteiger partial charge in [0.2, 0.25) is 5.89 Å². The quantitative estimate of drug-likeness (QED) is 0.589. The molecule has 1 aliphatic rings. The third-order valence-electron chi connectivity index (χ3n) is 4.40. The van der Waals surface area contributed by atoms with Gasteiger partial charge in [-0.2, -0.15) is 4.98 Å². The van der Waals surface area contributed by atoms with Crippen molar-refractivity contribution in [3.63, 3.8) is 0 Å². The molecule has 1 atom stereocenters. The van der Waals surface area contributed by atoms with Crippen LogP contribution in [-0.4, -0.2) is 32.9 Å². The van der Waals surface area contributed by atoms with Gasteiger partial charge in [0.05, 0.1) is 17.1 Å². The van der Waals surface area contributed by atoms with E-state index >= 15 is 0 Å². The van der Waals surface area contributed by atoms with Crippen molar-refractivity contribution in [2.45, 2.75) is 44.1 Å². The fourth-order valence-corrected chi connectivity index (χ4v) is 3.96. The van der Waals surface area contributed by atoms with Gasteiger partial charge in [0.1, 0.15) is 13.2 Å². The van der Waals surface area contributed by atoms with Crippen molar-refractivity contribution in [1.82, 2.24) is 19.7 Å². The summed E-state index contributed by atoms with van der Waals surface area (Å²) in [6, 6.07) is 6.01. The van der Waals surface area contributed by atoms with Crippen molar-refractivity contribution in [2.24, 2.45) is 0 Å². The Labute approximate surface area is 162 Å². The van der Waals surface area contributed by atoms with Gasteiger partial charge in [-0.25, -0.2) is 4.98 Å². The van der Waals surface area contributed by atoms with Gasteiger partial charge in [0.25, 0.3) is 0 Å². The molecule has 8 heteroatoms. The summed E-state index contributed by atoms with van der Waals surface area (Å²) in [5.74, 6) is 2.93. The van der Waals surface area contributed by atoms with Crippen molar-refractivity contribution in [3.05, 3.63) is 36.1 Å². The number of fused-ring (bicyclic) bond motifs is 1. The molecule has 1 unspecified atom stereocenters. The Hall–Kier alpha value is -2.48. The van der Waals surface area contributed by atoms with Crippen LogP contribution in [0.4, 0.5) is 0 Å². The SMILES string of the molecule is CCc1noc(C(C)Sc2ncc(-c3ccc4c(c3)OCCO4)n2CC)n1. The lowest BCUT2D eigenvalue weighted by molar-refractivity contribution is 0.171. The largest absolute Gasteiger partial charge is 0.486 e. The second-order valence-electron chi connectivity index (χ2n) is 6.19. The van der Waals surface area contributed by atoms with Gasteiger partial charge in [-0.05, 0) is 32.0 Å². The molecule has 27 heavy (non-hydrogen) atoms. The molecule has 0 N–H and O–H groups in total. The van der Waals surface area contributed by atoms with E-state index in [0.717, 1.165) is 46.7 Å². The van der Waals surface area contributed by atoms with Crippen LogP contribution in [0.1, 0.15) is 37.7 Å². The van der Waals surface area contributed by atoms with E-state index in [0.29, 0.717) is 19.1 Å². The zero-order valence-corrected chi connectivity index (χ0v) is 16.5. The number of benzene rings is 1. The summed E-state index contributed by atoms with van der Waals surface area (Å²) >= 11 is 1.62. The van der Waals surface area contributed by atoms with E-state index in [1.807, 2.05) is 31.3 Å². The molecule has 0 fully saturated rings. The highest BCUT2D eigenvalue weighted by atomic mass is 32.2. The molecular weight excluding hydrogens is 364 g/mol. The minimum Gasteiger partial charge on any atom is -0.486 e. The zero-order chi connectivity index (χ0) is 18.8. The van der Waals surface area contributed by atoms with Gasteiger partial charge in [-0.15, -0.1) is 0 Å². The van der Waals surface area contributed by atoms with Gasteiger partial charge in [-0.1, -0.05) is 23.8 Å². The van der Waals surface area contributed by atoms with E-state index in [9.17, 15) is 0 Å². The van der Waals surface area contributed by atoms with Crippen molar-refractivity contribution >= 4 is 11.8 Å². The predicted octanol–water partition coefficient (Wildman–Crippen LogP) is 4.14. The number of aromatic nitrogens is 4. The first-order valence-corrected chi connectivity index (χ1v) is 10.0. The second-order valence-corrected chi connectivity index (χ2v) is 7.50. The number of hydrogen-bond donors (Lipinski definition) is 0. The van der Waals surface area contributed by atoms with E-state index in [4.69, 9.17) is 14.0 Å². The van der Waals surface area contributed by atoms with E-state index < -0.39 is 0 Å². The Morgan fingerprint density at radius 3 is 2.74 bits per heavy atom. The Morgan fingerprint density at radius 2 is 2.00 bits per heavy atom. The standard InChI is InChI=1S/C19H22N4O3S/c1-4-17-21-18(26-22-17)12(3)27-19-20-11-14(23(19)5-2)13-6-7-15-16(10-13)25-9-8-24-15/h6-7,10-12H,4-5,8-9H2,1-3H3. The molecule has 0 radical (unpaired) electrons. The van der Waals surface area contributed by atoms with Crippen LogP contribution in [0.2, 0.25) is 0 Å². The highest BCUT2D eigenvalue weighted by Gasteiger charge is 2.20. The van der Waals surface area contributed by atoms with Crippen LogP contribution in [-0.2, 0) is 13.0 Å². The maximum atomic E-state index is 5.71. The van der Waals surface area contributed by atoms with Crippen LogP contribution in [0, 0.1) is 0 Å². The summed E-state index contributed by atoms with van der Waals surface area (Å²) in [6.45, 7) is 8.15. The monoisotopic (exact) mass is 386 g/mol. The van der Waals surface area contributed by atoms with Gasteiger partial charge < -0.3 is 18.6 Å². The van der Waals surface area contributed by atoms with Crippen LogP contribution >= 0.6 is 11.8 Å². The molecule has 2 aromatic heterocycles. The Kier molecular flexibility index (Phi) is 5.07.